The Morgan fingerprint density at radius 1 is 0.488 bits per heavy atom. The number of rotatable bonds is 4. The zero-order valence-corrected chi connectivity index (χ0v) is 24.1. The molecule has 43 heavy (non-hydrogen) atoms. The minimum Gasteiger partial charge on any atom is -0.208 e. The summed E-state index contributed by atoms with van der Waals surface area (Å²) in [5.41, 5.74) is 10.4. The van der Waals surface area contributed by atoms with Crippen LogP contribution < -0.4 is 0 Å². The second-order valence-corrected chi connectivity index (χ2v) is 10.9. The number of nitrogens with zero attached hydrogens (tertiary/aromatic N) is 3. The van der Waals surface area contributed by atoms with E-state index >= 15 is 0 Å². The Kier molecular flexibility index (Phi) is 7.29. The van der Waals surface area contributed by atoms with Crippen LogP contribution in [0.1, 0.15) is 24.0 Å². The van der Waals surface area contributed by atoms with Crippen molar-refractivity contribution in [1.82, 2.24) is 15.0 Å². The van der Waals surface area contributed by atoms with Gasteiger partial charge in [-0.15, -0.1) is 0 Å². The number of aromatic nitrogens is 3. The molecule has 0 saturated carbocycles. The SMILES string of the molecule is CC1/C=C\C=C/Cc2ccc(-c3cccc(-c4nc(-c5ccccc5)nc(-c5ccccc5)n4)c3)cc2-c2ccccc21. The van der Waals surface area contributed by atoms with Gasteiger partial charge in [0, 0.05) is 16.7 Å². The molecule has 0 bridgehead atoms. The highest BCUT2D eigenvalue weighted by molar-refractivity contribution is 5.80. The molecule has 0 fully saturated rings. The van der Waals surface area contributed by atoms with Gasteiger partial charge in [-0.2, -0.15) is 0 Å². The van der Waals surface area contributed by atoms with E-state index in [0.717, 1.165) is 28.7 Å². The lowest BCUT2D eigenvalue weighted by Gasteiger charge is -2.18. The first kappa shape index (κ1) is 26.5. The van der Waals surface area contributed by atoms with Gasteiger partial charge in [-0.3, -0.25) is 0 Å². The van der Waals surface area contributed by atoms with E-state index in [2.05, 4.69) is 98.0 Å². The minimum atomic E-state index is 0.320. The summed E-state index contributed by atoms with van der Waals surface area (Å²) < 4.78 is 0. The lowest BCUT2D eigenvalue weighted by Crippen LogP contribution is -2.00. The largest absolute Gasteiger partial charge is 0.208 e. The number of benzene rings is 5. The van der Waals surface area contributed by atoms with Gasteiger partial charge >= 0.3 is 0 Å². The van der Waals surface area contributed by atoms with Crippen molar-refractivity contribution in [3.8, 4) is 56.4 Å². The monoisotopic (exact) mass is 553 g/mol. The standard InChI is InChI=1S/C40H31N3/c1-28-14-5-2-6-15-29-24-25-33(27-37(29)36-23-12-11-22-35(28)36)32-20-13-21-34(26-32)40-42-38(30-16-7-3-8-17-30)41-39(43-40)31-18-9-4-10-19-31/h2-14,16-28H,15H2,1H3/b6-2-,14-5-. The fourth-order valence-electron chi connectivity index (χ4n) is 5.71. The molecule has 3 nitrogen and oxygen atoms in total. The van der Waals surface area contributed by atoms with Crippen LogP contribution in [0.5, 0.6) is 0 Å². The minimum absolute atomic E-state index is 0.320. The lowest BCUT2D eigenvalue weighted by atomic mass is 9.86. The molecular formula is C40H31N3. The zero-order chi connectivity index (χ0) is 29.0. The van der Waals surface area contributed by atoms with Crippen molar-refractivity contribution >= 4 is 0 Å². The Balaban J connectivity index is 1.34. The maximum Gasteiger partial charge on any atom is 0.164 e. The first-order valence-corrected chi connectivity index (χ1v) is 14.8. The molecule has 7 rings (SSSR count). The summed E-state index contributed by atoms with van der Waals surface area (Å²) in [6.07, 6.45) is 9.73. The van der Waals surface area contributed by atoms with Crippen molar-refractivity contribution in [3.63, 3.8) is 0 Å². The van der Waals surface area contributed by atoms with E-state index in [1.807, 2.05) is 60.7 Å². The summed E-state index contributed by atoms with van der Waals surface area (Å²) >= 11 is 0. The van der Waals surface area contributed by atoms with E-state index in [1.54, 1.807) is 0 Å². The lowest BCUT2D eigenvalue weighted by molar-refractivity contribution is 0.968. The molecule has 1 heterocycles. The third-order valence-electron chi connectivity index (χ3n) is 7.99. The molecule has 3 heteroatoms. The van der Waals surface area contributed by atoms with Crippen molar-refractivity contribution in [1.29, 1.82) is 0 Å². The summed E-state index contributed by atoms with van der Waals surface area (Å²) in [5, 5.41) is 0. The molecule has 5 aromatic carbocycles. The fourth-order valence-corrected chi connectivity index (χ4v) is 5.71. The van der Waals surface area contributed by atoms with Crippen molar-refractivity contribution < 1.29 is 0 Å². The van der Waals surface area contributed by atoms with Crippen molar-refractivity contribution in [3.05, 3.63) is 163 Å². The first-order valence-electron chi connectivity index (χ1n) is 14.8. The topological polar surface area (TPSA) is 38.7 Å². The van der Waals surface area contributed by atoms with Gasteiger partial charge in [-0.1, -0.05) is 146 Å². The van der Waals surface area contributed by atoms with Crippen molar-refractivity contribution in [2.75, 3.05) is 0 Å². The molecule has 0 aliphatic heterocycles. The molecule has 1 aromatic heterocycles. The fraction of sp³-hybridized carbons (Fsp3) is 0.0750. The molecule has 1 aliphatic rings. The highest BCUT2D eigenvalue weighted by Crippen LogP contribution is 2.37. The van der Waals surface area contributed by atoms with Crippen LogP contribution in [0, 0.1) is 0 Å². The average molecular weight is 554 g/mol. The number of hydrogen-bond donors (Lipinski definition) is 0. The van der Waals surface area contributed by atoms with Crippen molar-refractivity contribution in [2.45, 2.75) is 19.3 Å². The van der Waals surface area contributed by atoms with E-state index in [-0.39, 0.29) is 0 Å². The molecule has 206 valence electrons. The van der Waals surface area contributed by atoms with Gasteiger partial charge in [-0.05, 0) is 57.9 Å². The second kappa shape index (κ2) is 11.8. The Morgan fingerprint density at radius 3 is 1.79 bits per heavy atom. The number of hydrogen-bond acceptors (Lipinski definition) is 3. The smallest absolute Gasteiger partial charge is 0.164 e. The summed E-state index contributed by atoms with van der Waals surface area (Å²) in [4.78, 5) is 14.8. The van der Waals surface area contributed by atoms with Gasteiger partial charge in [0.05, 0.1) is 0 Å². The number of fused-ring (bicyclic) bond motifs is 3. The van der Waals surface area contributed by atoms with Crippen LogP contribution in [0.2, 0.25) is 0 Å². The predicted molar refractivity (Wildman–Crippen MR) is 177 cm³/mol. The van der Waals surface area contributed by atoms with Crippen LogP contribution in [0.25, 0.3) is 56.4 Å². The molecule has 0 radical (unpaired) electrons. The second-order valence-electron chi connectivity index (χ2n) is 10.9. The molecule has 1 aliphatic carbocycles. The van der Waals surface area contributed by atoms with E-state index in [9.17, 15) is 0 Å². The maximum atomic E-state index is 4.95. The van der Waals surface area contributed by atoms with Gasteiger partial charge in [0.1, 0.15) is 0 Å². The first-order chi connectivity index (χ1) is 21.2. The van der Waals surface area contributed by atoms with Crippen LogP contribution >= 0.6 is 0 Å². The molecular weight excluding hydrogens is 522 g/mol. The Bertz CT molecular complexity index is 1900. The van der Waals surface area contributed by atoms with Crippen LogP contribution in [-0.2, 0) is 6.42 Å². The van der Waals surface area contributed by atoms with Crippen LogP contribution in [0.4, 0.5) is 0 Å². The Morgan fingerprint density at radius 2 is 1.07 bits per heavy atom. The molecule has 1 atom stereocenters. The summed E-state index contributed by atoms with van der Waals surface area (Å²) in [7, 11) is 0. The maximum absolute atomic E-state index is 4.95. The van der Waals surface area contributed by atoms with E-state index < -0.39 is 0 Å². The third kappa shape index (κ3) is 5.58. The van der Waals surface area contributed by atoms with E-state index in [4.69, 9.17) is 15.0 Å². The van der Waals surface area contributed by atoms with E-state index in [0.29, 0.717) is 23.4 Å². The number of allylic oxidation sites excluding steroid dienone is 4. The summed E-state index contributed by atoms with van der Waals surface area (Å²) in [5.74, 6) is 2.30. The van der Waals surface area contributed by atoms with Gasteiger partial charge in [0.15, 0.2) is 17.5 Å². The molecule has 0 amide bonds. The van der Waals surface area contributed by atoms with E-state index in [1.165, 1.54) is 27.8 Å². The summed E-state index contributed by atoms with van der Waals surface area (Å²) in [6.45, 7) is 2.26. The van der Waals surface area contributed by atoms with Gasteiger partial charge in [0.2, 0.25) is 0 Å². The average Bonchev–Trinajstić information content (AvgIpc) is 3.08. The molecule has 0 N–H and O–H groups in total. The van der Waals surface area contributed by atoms with Crippen LogP contribution in [0.15, 0.2) is 152 Å². The molecule has 6 aromatic rings. The van der Waals surface area contributed by atoms with Crippen molar-refractivity contribution in [2.24, 2.45) is 0 Å². The quantitative estimate of drug-likeness (QED) is 0.218. The highest BCUT2D eigenvalue weighted by atomic mass is 15.0. The van der Waals surface area contributed by atoms with Crippen LogP contribution in [0.3, 0.4) is 0 Å². The van der Waals surface area contributed by atoms with Crippen LogP contribution in [-0.4, -0.2) is 15.0 Å². The highest BCUT2D eigenvalue weighted by Gasteiger charge is 2.16. The normalized spacial score (nSPS) is 15.6. The zero-order valence-electron chi connectivity index (χ0n) is 24.1. The summed E-state index contributed by atoms with van der Waals surface area (Å²) in [6, 6.07) is 44.4. The molecule has 0 spiro atoms. The molecule has 1 unspecified atom stereocenters. The Hall–Kier alpha value is -5.41. The third-order valence-corrected chi connectivity index (χ3v) is 7.99. The molecule has 0 saturated heterocycles. The van der Waals surface area contributed by atoms with Gasteiger partial charge < -0.3 is 0 Å². The predicted octanol–water partition coefficient (Wildman–Crippen LogP) is 9.98. The Labute approximate surface area is 253 Å². The van der Waals surface area contributed by atoms with Gasteiger partial charge in [0.25, 0.3) is 0 Å². The van der Waals surface area contributed by atoms with Gasteiger partial charge in [-0.25, -0.2) is 15.0 Å².